The number of halogens is 1. The van der Waals surface area contributed by atoms with Crippen molar-refractivity contribution in [2.75, 3.05) is 13.8 Å². The fourth-order valence-corrected chi connectivity index (χ4v) is 2.86. The van der Waals surface area contributed by atoms with Crippen molar-refractivity contribution >= 4 is 29.4 Å². The maximum Gasteiger partial charge on any atom is 0.277 e. The Labute approximate surface area is 143 Å². The molecule has 4 rings (SSSR count). The molecular formula is C18H13ClN2O3. The Morgan fingerprint density at radius 2 is 1.96 bits per heavy atom. The third kappa shape index (κ3) is 2.43. The highest BCUT2D eigenvalue weighted by Crippen LogP contribution is 2.33. The summed E-state index contributed by atoms with van der Waals surface area (Å²) in [6.07, 6.45) is 1.73. The summed E-state index contributed by atoms with van der Waals surface area (Å²) >= 11 is 6.22. The van der Waals surface area contributed by atoms with Crippen molar-refractivity contribution in [1.29, 1.82) is 0 Å². The molecule has 0 saturated carbocycles. The van der Waals surface area contributed by atoms with E-state index in [0.29, 0.717) is 28.1 Å². The molecule has 0 unspecified atom stereocenters. The molecule has 0 aromatic heterocycles. The standard InChI is InChI=1S/C18H13ClN2O3/c1-21-17(12-4-2-3-5-13(12)19)20-14(18(21)22)8-11-6-7-15-16(9-11)24-10-23-15/h2-9H,10H2,1H3/b14-8+. The number of hydrogen-bond acceptors (Lipinski definition) is 4. The van der Waals surface area contributed by atoms with Crippen molar-refractivity contribution in [3.63, 3.8) is 0 Å². The Morgan fingerprint density at radius 3 is 2.79 bits per heavy atom. The molecule has 2 aliphatic rings. The van der Waals surface area contributed by atoms with Crippen LogP contribution in [-0.2, 0) is 4.79 Å². The molecule has 2 aliphatic heterocycles. The number of carbonyl (C=O) groups is 1. The normalized spacial score (nSPS) is 17.6. The molecule has 2 aromatic rings. The summed E-state index contributed by atoms with van der Waals surface area (Å²) in [5.41, 5.74) is 1.90. The number of amides is 1. The van der Waals surface area contributed by atoms with E-state index in [-0.39, 0.29) is 12.7 Å². The number of likely N-dealkylation sites (N-methyl/N-ethyl adjacent to an activating group) is 1. The summed E-state index contributed by atoms with van der Waals surface area (Å²) in [5, 5.41) is 0.556. The summed E-state index contributed by atoms with van der Waals surface area (Å²) in [6.45, 7) is 0.214. The Bertz CT molecular complexity index is 905. The monoisotopic (exact) mass is 340 g/mol. The molecule has 0 radical (unpaired) electrons. The van der Waals surface area contributed by atoms with Crippen LogP contribution >= 0.6 is 11.6 Å². The number of hydrogen-bond donors (Lipinski definition) is 0. The predicted molar refractivity (Wildman–Crippen MR) is 91.3 cm³/mol. The van der Waals surface area contributed by atoms with Crippen LogP contribution in [0.3, 0.4) is 0 Å². The van der Waals surface area contributed by atoms with Gasteiger partial charge in [-0.25, -0.2) is 4.99 Å². The minimum atomic E-state index is -0.178. The zero-order valence-electron chi connectivity index (χ0n) is 12.8. The first kappa shape index (κ1) is 14.8. The summed E-state index contributed by atoms with van der Waals surface area (Å²) in [6, 6.07) is 12.8. The molecule has 0 spiro atoms. The molecule has 0 N–H and O–H groups in total. The highest BCUT2D eigenvalue weighted by Gasteiger charge is 2.29. The largest absolute Gasteiger partial charge is 0.454 e. The lowest BCUT2D eigenvalue weighted by molar-refractivity contribution is -0.121. The first-order valence-electron chi connectivity index (χ1n) is 7.36. The van der Waals surface area contributed by atoms with E-state index in [9.17, 15) is 4.79 Å². The van der Waals surface area contributed by atoms with Gasteiger partial charge in [0.1, 0.15) is 11.5 Å². The predicted octanol–water partition coefficient (Wildman–Crippen LogP) is 3.33. The smallest absolute Gasteiger partial charge is 0.277 e. The highest BCUT2D eigenvalue weighted by molar-refractivity contribution is 6.35. The summed E-state index contributed by atoms with van der Waals surface area (Å²) < 4.78 is 10.6. The van der Waals surface area contributed by atoms with Crippen LogP contribution in [0.4, 0.5) is 0 Å². The number of ether oxygens (including phenoxy) is 2. The molecule has 5 nitrogen and oxygen atoms in total. The molecule has 2 aromatic carbocycles. The van der Waals surface area contributed by atoms with Gasteiger partial charge in [-0.3, -0.25) is 9.69 Å². The third-order valence-electron chi connectivity index (χ3n) is 3.88. The van der Waals surface area contributed by atoms with Gasteiger partial charge in [-0.2, -0.15) is 0 Å². The summed E-state index contributed by atoms with van der Waals surface area (Å²) in [5.74, 6) is 1.73. The van der Waals surface area contributed by atoms with Crippen LogP contribution in [0.5, 0.6) is 11.5 Å². The molecule has 0 aliphatic carbocycles. The van der Waals surface area contributed by atoms with Gasteiger partial charge in [0.15, 0.2) is 11.5 Å². The van der Waals surface area contributed by atoms with Crippen LogP contribution < -0.4 is 9.47 Å². The van der Waals surface area contributed by atoms with Crippen molar-refractivity contribution in [2.45, 2.75) is 0 Å². The van der Waals surface area contributed by atoms with E-state index in [1.54, 1.807) is 19.2 Å². The first-order valence-corrected chi connectivity index (χ1v) is 7.74. The Balaban J connectivity index is 1.73. The van der Waals surface area contributed by atoms with Crippen LogP contribution in [-0.4, -0.2) is 30.5 Å². The highest BCUT2D eigenvalue weighted by atomic mass is 35.5. The molecule has 120 valence electrons. The van der Waals surface area contributed by atoms with Gasteiger partial charge < -0.3 is 9.47 Å². The lowest BCUT2D eigenvalue weighted by Crippen LogP contribution is -2.28. The van der Waals surface area contributed by atoms with Crippen LogP contribution in [0.1, 0.15) is 11.1 Å². The zero-order chi connectivity index (χ0) is 16.7. The molecule has 0 bridgehead atoms. The van der Waals surface area contributed by atoms with Crippen molar-refractivity contribution in [3.8, 4) is 11.5 Å². The second-order valence-electron chi connectivity index (χ2n) is 5.42. The van der Waals surface area contributed by atoms with Gasteiger partial charge in [0, 0.05) is 12.6 Å². The molecular weight excluding hydrogens is 328 g/mol. The maximum absolute atomic E-state index is 12.5. The zero-order valence-corrected chi connectivity index (χ0v) is 13.6. The van der Waals surface area contributed by atoms with Gasteiger partial charge in [0.2, 0.25) is 6.79 Å². The molecule has 0 atom stereocenters. The van der Waals surface area contributed by atoms with E-state index in [1.807, 2.05) is 36.4 Å². The Hall–Kier alpha value is -2.79. The lowest BCUT2D eigenvalue weighted by Gasteiger charge is -2.12. The quantitative estimate of drug-likeness (QED) is 0.788. The molecule has 24 heavy (non-hydrogen) atoms. The van der Waals surface area contributed by atoms with E-state index in [2.05, 4.69) is 4.99 Å². The summed E-state index contributed by atoms with van der Waals surface area (Å²) in [4.78, 5) is 18.5. The summed E-state index contributed by atoms with van der Waals surface area (Å²) in [7, 11) is 1.69. The van der Waals surface area contributed by atoms with Gasteiger partial charge in [0.05, 0.1) is 5.02 Å². The van der Waals surface area contributed by atoms with E-state index in [1.165, 1.54) is 4.90 Å². The van der Waals surface area contributed by atoms with Crippen molar-refractivity contribution in [2.24, 2.45) is 4.99 Å². The topological polar surface area (TPSA) is 51.1 Å². The fraction of sp³-hybridized carbons (Fsp3) is 0.111. The van der Waals surface area contributed by atoms with Gasteiger partial charge in [0.25, 0.3) is 5.91 Å². The maximum atomic E-state index is 12.5. The average Bonchev–Trinajstić information content (AvgIpc) is 3.15. The lowest BCUT2D eigenvalue weighted by atomic mass is 10.1. The fourth-order valence-electron chi connectivity index (χ4n) is 2.64. The second-order valence-corrected chi connectivity index (χ2v) is 5.83. The average molecular weight is 341 g/mol. The Kier molecular flexibility index (Phi) is 3.50. The van der Waals surface area contributed by atoms with Gasteiger partial charge in [-0.1, -0.05) is 29.8 Å². The number of fused-ring (bicyclic) bond motifs is 1. The minimum absolute atomic E-state index is 0.178. The minimum Gasteiger partial charge on any atom is -0.454 e. The van der Waals surface area contributed by atoms with Crippen molar-refractivity contribution in [3.05, 3.63) is 64.3 Å². The molecule has 1 amide bonds. The number of aliphatic imine (C=N–C) groups is 1. The van der Waals surface area contributed by atoms with Gasteiger partial charge >= 0.3 is 0 Å². The second kappa shape index (κ2) is 5.69. The van der Waals surface area contributed by atoms with Crippen LogP contribution in [0, 0.1) is 0 Å². The van der Waals surface area contributed by atoms with E-state index >= 15 is 0 Å². The Morgan fingerprint density at radius 1 is 1.17 bits per heavy atom. The van der Waals surface area contributed by atoms with Gasteiger partial charge in [-0.05, 0) is 35.9 Å². The number of benzene rings is 2. The number of rotatable bonds is 2. The molecule has 6 heteroatoms. The van der Waals surface area contributed by atoms with E-state index in [0.717, 1.165) is 11.1 Å². The third-order valence-corrected chi connectivity index (χ3v) is 4.21. The number of nitrogens with zero attached hydrogens (tertiary/aromatic N) is 2. The van der Waals surface area contributed by atoms with Gasteiger partial charge in [-0.15, -0.1) is 0 Å². The van der Waals surface area contributed by atoms with Crippen molar-refractivity contribution < 1.29 is 14.3 Å². The van der Waals surface area contributed by atoms with Crippen LogP contribution in [0.25, 0.3) is 6.08 Å². The molecule has 0 saturated heterocycles. The van der Waals surface area contributed by atoms with E-state index < -0.39 is 0 Å². The number of carbonyl (C=O) groups excluding carboxylic acids is 1. The van der Waals surface area contributed by atoms with Crippen molar-refractivity contribution in [1.82, 2.24) is 4.90 Å². The number of amidine groups is 1. The molecule has 2 heterocycles. The molecule has 0 fully saturated rings. The van der Waals surface area contributed by atoms with E-state index in [4.69, 9.17) is 21.1 Å². The first-order chi connectivity index (χ1) is 11.6. The SMILES string of the molecule is CN1C(=O)/C(=C\c2ccc3c(c2)OCO3)N=C1c1ccccc1Cl. The van der Waals surface area contributed by atoms with Crippen LogP contribution in [0.2, 0.25) is 5.02 Å². The van der Waals surface area contributed by atoms with Crippen LogP contribution in [0.15, 0.2) is 53.2 Å².